The second kappa shape index (κ2) is 13.0. The molecule has 0 aromatic carbocycles. The Morgan fingerprint density at radius 1 is 0.938 bits per heavy atom. The number of unbranched alkanes of at least 4 members (excludes halogenated alkanes) is 4. The molecule has 0 aromatic heterocycles. The van der Waals surface area contributed by atoms with Crippen molar-refractivity contribution in [3.05, 3.63) is 0 Å². The molecule has 16 heavy (non-hydrogen) atoms. The quantitative estimate of drug-likeness (QED) is 0.515. The molecule has 1 N–H and O–H groups in total. The first kappa shape index (κ1) is 15.9. The fourth-order valence-corrected chi connectivity index (χ4v) is 1.71. The molecule has 0 heterocycles. The van der Waals surface area contributed by atoms with Crippen molar-refractivity contribution in [2.75, 3.05) is 19.8 Å². The van der Waals surface area contributed by atoms with Gasteiger partial charge in [-0.15, -0.1) is 0 Å². The highest BCUT2D eigenvalue weighted by Gasteiger charge is 1.99. The Morgan fingerprint density at radius 3 is 2.38 bits per heavy atom. The highest BCUT2D eigenvalue weighted by molar-refractivity contribution is 4.60. The second-order valence-electron chi connectivity index (χ2n) is 4.67. The maximum atomic E-state index is 5.50. The van der Waals surface area contributed by atoms with Crippen molar-refractivity contribution in [2.45, 2.75) is 71.8 Å². The van der Waals surface area contributed by atoms with Gasteiger partial charge in [0.05, 0.1) is 6.61 Å². The van der Waals surface area contributed by atoms with Gasteiger partial charge in [-0.1, -0.05) is 46.0 Å². The van der Waals surface area contributed by atoms with Crippen LogP contribution in [-0.4, -0.2) is 25.8 Å². The summed E-state index contributed by atoms with van der Waals surface area (Å²) in [6.45, 7) is 9.51. The lowest BCUT2D eigenvalue weighted by Crippen LogP contribution is -2.29. The van der Waals surface area contributed by atoms with E-state index in [1.54, 1.807) is 0 Å². The molecule has 1 unspecified atom stereocenters. The molecule has 0 aliphatic heterocycles. The fourth-order valence-electron chi connectivity index (χ4n) is 1.71. The van der Waals surface area contributed by atoms with Gasteiger partial charge in [-0.3, -0.25) is 0 Å². The third-order valence-corrected chi connectivity index (χ3v) is 2.87. The van der Waals surface area contributed by atoms with E-state index in [-0.39, 0.29) is 0 Å². The molecule has 0 saturated carbocycles. The molecule has 0 amide bonds. The van der Waals surface area contributed by atoms with Gasteiger partial charge in [0.25, 0.3) is 0 Å². The van der Waals surface area contributed by atoms with Crippen molar-refractivity contribution in [1.82, 2.24) is 5.32 Å². The van der Waals surface area contributed by atoms with Crippen LogP contribution in [0.25, 0.3) is 0 Å². The molecule has 0 aliphatic rings. The van der Waals surface area contributed by atoms with Gasteiger partial charge in [-0.2, -0.15) is 0 Å². The van der Waals surface area contributed by atoms with Gasteiger partial charge in [0.2, 0.25) is 0 Å². The summed E-state index contributed by atoms with van der Waals surface area (Å²) in [5, 5.41) is 3.51. The maximum absolute atomic E-state index is 5.50. The SMILES string of the molecule is CCCCCCC(C)NCCOCCCC. The fraction of sp³-hybridized carbons (Fsp3) is 1.00. The molecule has 2 nitrogen and oxygen atoms in total. The van der Waals surface area contributed by atoms with E-state index in [9.17, 15) is 0 Å². The number of hydrogen-bond acceptors (Lipinski definition) is 2. The molecule has 0 rings (SSSR count). The molecule has 0 saturated heterocycles. The third-order valence-electron chi connectivity index (χ3n) is 2.87. The smallest absolute Gasteiger partial charge is 0.0590 e. The van der Waals surface area contributed by atoms with Crippen LogP contribution in [0.4, 0.5) is 0 Å². The van der Waals surface area contributed by atoms with Crippen molar-refractivity contribution in [1.29, 1.82) is 0 Å². The van der Waals surface area contributed by atoms with E-state index in [1.165, 1.54) is 44.9 Å². The average Bonchev–Trinajstić information content (AvgIpc) is 2.29. The normalized spacial score (nSPS) is 12.9. The van der Waals surface area contributed by atoms with Crippen LogP contribution in [-0.2, 0) is 4.74 Å². The first-order chi connectivity index (χ1) is 7.81. The summed E-state index contributed by atoms with van der Waals surface area (Å²) in [5.41, 5.74) is 0. The van der Waals surface area contributed by atoms with Crippen LogP contribution >= 0.6 is 0 Å². The van der Waals surface area contributed by atoms with E-state index >= 15 is 0 Å². The summed E-state index contributed by atoms with van der Waals surface area (Å²) >= 11 is 0. The van der Waals surface area contributed by atoms with Crippen molar-refractivity contribution in [2.24, 2.45) is 0 Å². The lowest BCUT2D eigenvalue weighted by atomic mass is 10.1. The van der Waals surface area contributed by atoms with Crippen LogP contribution in [0, 0.1) is 0 Å². The Kier molecular flexibility index (Phi) is 12.9. The topological polar surface area (TPSA) is 21.3 Å². The first-order valence-corrected chi connectivity index (χ1v) is 7.12. The largest absolute Gasteiger partial charge is 0.380 e. The highest BCUT2D eigenvalue weighted by Crippen LogP contribution is 2.04. The van der Waals surface area contributed by atoms with Crippen molar-refractivity contribution in [3.63, 3.8) is 0 Å². The van der Waals surface area contributed by atoms with E-state index < -0.39 is 0 Å². The Balaban J connectivity index is 3.08. The van der Waals surface area contributed by atoms with Crippen molar-refractivity contribution in [3.8, 4) is 0 Å². The monoisotopic (exact) mass is 229 g/mol. The summed E-state index contributed by atoms with van der Waals surface area (Å²) in [5.74, 6) is 0. The summed E-state index contributed by atoms with van der Waals surface area (Å²) in [4.78, 5) is 0. The van der Waals surface area contributed by atoms with Gasteiger partial charge in [-0.05, 0) is 19.8 Å². The number of hydrogen-bond donors (Lipinski definition) is 1. The Bertz CT molecular complexity index is 128. The average molecular weight is 229 g/mol. The first-order valence-electron chi connectivity index (χ1n) is 7.12. The van der Waals surface area contributed by atoms with E-state index in [0.717, 1.165) is 19.8 Å². The minimum Gasteiger partial charge on any atom is -0.380 e. The summed E-state index contributed by atoms with van der Waals surface area (Å²) in [6.07, 6.45) is 9.16. The molecule has 1 atom stereocenters. The van der Waals surface area contributed by atoms with Crippen molar-refractivity contribution >= 4 is 0 Å². The summed E-state index contributed by atoms with van der Waals surface area (Å²) in [6, 6.07) is 0.645. The predicted molar refractivity (Wildman–Crippen MR) is 72.0 cm³/mol. The van der Waals surface area contributed by atoms with Crippen LogP contribution in [0.3, 0.4) is 0 Å². The van der Waals surface area contributed by atoms with E-state index in [1.807, 2.05) is 0 Å². The number of ether oxygens (including phenoxy) is 1. The Labute approximate surface area is 102 Å². The molecule has 0 aliphatic carbocycles. The van der Waals surface area contributed by atoms with Gasteiger partial charge in [0.1, 0.15) is 0 Å². The van der Waals surface area contributed by atoms with E-state index in [0.29, 0.717) is 6.04 Å². The van der Waals surface area contributed by atoms with Gasteiger partial charge in [-0.25, -0.2) is 0 Å². The van der Waals surface area contributed by atoms with Crippen LogP contribution in [0.1, 0.15) is 65.7 Å². The van der Waals surface area contributed by atoms with E-state index in [4.69, 9.17) is 4.74 Å². The molecule has 2 heteroatoms. The molecule has 0 aromatic rings. The molecule has 0 radical (unpaired) electrons. The number of rotatable bonds is 12. The number of nitrogens with one attached hydrogen (secondary N) is 1. The minimum absolute atomic E-state index is 0.645. The maximum Gasteiger partial charge on any atom is 0.0590 e. The highest BCUT2D eigenvalue weighted by atomic mass is 16.5. The van der Waals surface area contributed by atoms with Gasteiger partial charge >= 0.3 is 0 Å². The molecular weight excluding hydrogens is 198 g/mol. The van der Waals surface area contributed by atoms with Crippen LogP contribution in [0.5, 0.6) is 0 Å². The zero-order valence-electron chi connectivity index (χ0n) is 11.6. The predicted octanol–water partition coefficient (Wildman–Crippen LogP) is 3.75. The summed E-state index contributed by atoms with van der Waals surface area (Å²) < 4.78 is 5.50. The van der Waals surface area contributed by atoms with Gasteiger partial charge in [0, 0.05) is 19.2 Å². The zero-order valence-corrected chi connectivity index (χ0v) is 11.6. The standard InChI is InChI=1S/C14H31NO/c1-4-6-8-9-10-14(3)15-11-13-16-12-7-5-2/h14-15H,4-13H2,1-3H3. The summed E-state index contributed by atoms with van der Waals surface area (Å²) in [7, 11) is 0. The molecule has 0 spiro atoms. The third kappa shape index (κ3) is 12.0. The molecule has 0 fully saturated rings. The lowest BCUT2D eigenvalue weighted by molar-refractivity contribution is 0.131. The van der Waals surface area contributed by atoms with Crippen LogP contribution in [0.2, 0.25) is 0 Å². The minimum atomic E-state index is 0.645. The zero-order chi connectivity index (χ0) is 12.1. The Hall–Kier alpha value is -0.0800. The van der Waals surface area contributed by atoms with Gasteiger partial charge < -0.3 is 10.1 Å². The second-order valence-corrected chi connectivity index (χ2v) is 4.67. The Morgan fingerprint density at radius 2 is 1.69 bits per heavy atom. The molecular formula is C14H31NO. The molecule has 0 bridgehead atoms. The van der Waals surface area contributed by atoms with E-state index in [2.05, 4.69) is 26.1 Å². The van der Waals surface area contributed by atoms with Crippen LogP contribution < -0.4 is 5.32 Å². The molecule has 98 valence electrons. The lowest BCUT2D eigenvalue weighted by Gasteiger charge is -2.13. The van der Waals surface area contributed by atoms with Crippen LogP contribution in [0.15, 0.2) is 0 Å². The van der Waals surface area contributed by atoms with Gasteiger partial charge in [0.15, 0.2) is 0 Å². The van der Waals surface area contributed by atoms with Crippen molar-refractivity contribution < 1.29 is 4.74 Å².